The van der Waals surface area contributed by atoms with Gasteiger partial charge in [0.05, 0.1) is 0 Å². The fourth-order valence-electron chi connectivity index (χ4n) is 1.25. The van der Waals surface area contributed by atoms with E-state index < -0.39 is 0 Å². The largest absolute Gasteiger partial charge is 0.207 e. The van der Waals surface area contributed by atoms with Crippen molar-refractivity contribution in [2.75, 3.05) is 0 Å². The van der Waals surface area contributed by atoms with Gasteiger partial charge in [0.15, 0.2) is 0 Å². The molecule has 0 aromatic heterocycles. The molecule has 0 fully saturated rings. The highest BCUT2D eigenvalue weighted by Crippen LogP contribution is 2.18. The quantitative estimate of drug-likeness (QED) is 0.666. The third kappa shape index (κ3) is 2.83. The number of hydrogen-bond acceptors (Lipinski definition) is 0. The van der Waals surface area contributed by atoms with Gasteiger partial charge < -0.3 is 0 Å². The van der Waals surface area contributed by atoms with Crippen molar-refractivity contribution in [1.82, 2.24) is 0 Å². The van der Waals surface area contributed by atoms with Crippen molar-refractivity contribution >= 4 is 0 Å². The van der Waals surface area contributed by atoms with E-state index in [1.165, 1.54) is 6.07 Å². The van der Waals surface area contributed by atoms with Crippen LogP contribution in [-0.4, -0.2) is 0 Å². The number of hydrogen-bond donors (Lipinski definition) is 0. The number of benzene rings is 1. The molecule has 1 atom stereocenters. The molecule has 0 amide bonds. The summed E-state index contributed by atoms with van der Waals surface area (Å²) in [7, 11) is 0. The molecule has 0 N–H and O–H groups in total. The second kappa shape index (κ2) is 4.40. The van der Waals surface area contributed by atoms with Crippen LogP contribution in [-0.2, 0) is 6.42 Å². The van der Waals surface area contributed by atoms with Crippen molar-refractivity contribution in [3.05, 3.63) is 35.6 Å². The molecule has 0 radical (unpaired) electrons. The minimum Gasteiger partial charge on any atom is -0.207 e. The Bertz CT molecular complexity index is 266. The van der Waals surface area contributed by atoms with E-state index in [1.807, 2.05) is 12.1 Å². The Hall–Kier alpha value is -0.850. The zero-order valence-corrected chi connectivity index (χ0v) is 8.55. The van der Waals surface area contributed by atoms with Crippen molar-refractivity contribution in [2.45, 2.75) is 27.2 Å². The lowest BCUT2D eigenvalue weighted by atomic mass is 9.91. The predicted molar refractivity (Wildman–Crippen MR) is 54.1 cm³/mol. The van der Waals surface area contributed by atoms with Gasteiger partial charge in [0, 0.05) is 0 Å². The Morgan fingerprint density at radius 3 is 2.31 bits per heavy atom. The van der Waals surface area contributed by atoms with E-state index in [1.54, 1.807) is 6.07 Å². The van der Waals surface area contributed by atoms with Crippen molar-refractivity contribution in [1.29, 1.82) is 0 Å². The first kappa shape index (κ1) is 10.2. The molecule has 0 bridgehead atoms. The van der Waals surface area contributed by atoms with E-state index in [4.69, 9.17) is 0 Å². The molecule has 0 aliphatic rings. The summed E-state index contributed by atoms with van der Waals surface area (Å²) in [4.78, 5) is 0. The maximum absolute atomic E-state index is 13.2. The first-order valence-electron chi connectivity index (χ1n) is 4.84. The zero-order chi connectivity index (χ0) is 9.84. The summed E-state index contributed by atoms with van der Waals surface area (Å²) in [6.45, 7) is 6.51. The van der Waals surface area contributed by atoms with Crippen molar-refractivity contribution in [3.8, 4) is 0 Å². The molecule has 1 unspecified atom stereocenters. The molecular weight excluding hydrogens is 163 g/mol. The van der Waals surface area contributed by atoms with E-state index in [9.17, 15) is 4.39 Å². The van der Waals surface area contributed by atoms with Gasteiger partial charge in [0.1, 0.15) is 5.82 Å². The Morgan fingerprint density at radius 2 is 1.77 bits per heavy atom. The maximum Gasteiger partial charge on any atom is 0.126 e. The summed E-state index contributed by atoms with van der Waals surface area (Å²) in [5.41, 5.74) is 0.837. The molecule has 0 aliphatic heterocycles. The van der Waals surface area contributed by atoms with Crippen LogP contribution in [0.1, 0.15) is 26.3 Å². The van der Waals surface area contributed by atoms with E-state index in [2.05, 4.69) is 20.8 Å². The normalized spacial score (nSPS) is 13.3. The van der Waals surface area contributed by atoms with Crippen LogP contribution in [0.5, 0.6) is 0 Å². The minimum atomic E-state index is -0.0741. The van der Waals surface area contributed by atoms with E-state index in [0.29, 0.717) is 11.8 Å². The highest BCUT2D eigenvalue weighted by atomic mass is 19.1. The van der Waals surface area contributed by atoms with Gasteiger partial charge in [-0.2, -0.15) is 0 Å². The van der Waals surface area contributed by atoms with Crippen molar-refractivity contribution in [2.24, 2.45) is 11.8 Å². The molecule has 1 rings (SSSR count). The van der Waals surface area contributed by atoms with Gasteiger partial charge in [-0.3, -0.25) is 0 Å². The van der Waals surface area contributed by atoms with Gasteiger partial charge in [-0.1, -0.05) is 39.0 Å². The lowest BCUT2D eigenvalue weighted by Gasteiger charge is -2.15. The average Bonchev–Trinajstić information content (AvgIpc) is 2.08. The summed E-state index contributed by atoms with van der Waals surface area (Å²) in [6.07, 6.45) is 0.838. The van der Waals surface area contributed by atoms with Crippen LogP contribution in [0.3, 0.4) is 0 Å². The van der Waals surface area contributed by atoms with Gasteiger partial charge >= 0.3 is 0 Å². The number of rotatable bonds is 3. The Morgan fingerprint density at radius 1 is 1.15 bits per heavy atom. The smallest absolute Gasteiger partial charge is 0.126 e. The second-order valence-electron chi connectivity index (χ2n) is 4.02. The maximum atomic E-state index is 13.2. The number of halogens is 1. The standard InChI is InChI=1S/C12H17F/c1-9(2)10(3)8-11-6-4-5-7-12(11)13/h4-7,9-10H,8H2,1-3H3. The molecule has 0 spiro atoms. The second-order valence-corrected chi connectivity index (χ2v) is 4.02. The SMILES string of the molecule is CC(C)C(C)Cc1ccccc1F. The molecule has 13 heavy (non-hydrogen) atoms. The summed E-state index contributed by atoms with van der Waals surface area (Å²) < 4.78 is 13.2. The van der Waals surface area contributed by atoms with Gasteiger partial charge in [-0.05, 0) is 29.9 Å². The van der Waals surface area contributed by atoms with Gasteiger partial charge in [0.25, 0.3) is 0 Å². The zero-order valence-electron chi connectivity index (χ0n) is 8.55. The molecule has 0 saturated carbocycles. The fraction of sp³-hybridized carbons (Fsp3) is 0.500. The summed E-state index contributed by atoms with van der Waals surface area (Å²) >= 11 is 0. The van der Waals surface area contributed by atoms with Crippen LogP contribution >= 0.6 is 0 Å². The molecule has 0 saturated heterocycles. The lowest BCUT2D eigenvalue weighted by molar-refractivity contribution is 0.410. The molecule has 0 aliphatic carbocycles. The highest BCUT2D eigenvalue weighted by molar-refractivity contribution is 5.17. The van der Waals surface area contributed by atoms with E-state index in [0.717, 1.165) is 12.0 Å². The monoisotopic (exact) mass is 180 g/mol. The Labute approximate surface area is 79.8 Å². The van der Waals surface area contributed by atoms with E-state index >= 15 is 0 Å². The first-order valence-corrected chi connectivity index (χ1v) is 4.84. The Balaban J connectivity index is 2.69. The summed E-state index contributed by atoms with van der Waals surface area (Å²) in [5.74, 6) is 1.08. The molecule has 1 aromatic rings. The topological polar surface area (TPSA) is 0 Å². The van der Waals surface area contributed by atoms with E-state index in [-0.39, 0.29) is 5.82 Å². The molecule has 72 valence electrons. The van der Waals surface area contributed by atoms with Crippen molar-refractivity contribution in [3.63, 3.8) is 0 Å². The molecular formula is C12H17F. The molecule has 1 aromatic carbocycles. The average molecular weight is 180 g/mol. The highest BCUT2D eigenvalue weighted by Gasteiger charge is 2.10. The van der Waals surface area contributed by atoms with Crippen molar-refractivity contribution < 1.29 is 4.39 Å². The predicted octanol–water partition coefficient (Wildman–Crippen LogP) is 3.66. The minimum absolute atomic E-state index is 0.0741. The third-order valence-electron chi connectivity index (χ3n) is 2.64. The van der Waals surface area contributed by atoms with Gasteiger partial charge in [0.2, 0.25) is 0 Å². The lowest BCUT2D eigenvalue weighted by Crippen LogP contribution is -2.08. The fourth-order valence-corrected chi connectivity index (χ4v) is 1.25. The van der Waals surface area contributed by atoms with Crippen LogP contribution in [0.25, 0.3) is 0 Å². The van der Waals surface area contributed by atoms with Crippen LogP contribution in [0.4, 0.5) is 4.39 Å². The van der Waals surface area contributed by atoms with Crippen LogP contribution in [0, 0.1) is 17.7 Å². The van der Waals surface area contributed by atoms with Crippen LogP contribution < -0.4 is 0 Å². The molecule has 0 heterocycles. The molecule has 1 heteroatoms. The van der Waals surface area contributed by atoms with Crippen LogP contribution in [0.15, 0.2) is 24.3 Å². The van der Waals surface area contributed by atoms with Gasteiger partial charge in [-0.15, -0.1) is 0 Å². The third-order valence-corrected chi connectivity index (χ3v) is 2.64. The summed E-state index contributed by atoms with van der Waals surface area (Å²) in [6, 6.07) is 7.03. The molecule has 0 nitrogen and oxygen atoms in total. The summed E-state index contributed by atoms with van der Waals surface area (Å²) in [5, 5.41) is 0. The first-order chi connectivity index (χ1) is 6.11. The van der Waals surface area contributed by atoms with Gasteiger partial charge in [-0.25, -0.2) is 4.39 Å². The Kier molecular flexibility index (Phi) is 3.47. The van der Waals surface area contributed by atoms with Crippen LogP contribution in [0.2, 0.25) is 0 Å².